The van der Waals surface area contributed by atoms with Crippen molar-refractivity contribution in [3.05, 3.63) is 82.0 Å². The van der Waals surface area contributed by atoms with Crippen LogP contribution in [0.3, 0.4) is 0 Å². The Morgan fingerprint density at radius 3 is 2.66 bits per heavy atom. The van der Waals surface area contributed by atoms with Crippen molar-refractivity contribution in [1.29, 1.82) is 0 Å². The minimum Gasteiger partial charge on any atom is -0.438 e. The number of Topliss-reactive ketones (excluding diaryl/α,β-unsaturated/α-hetero) is 1. The maximum Gasteiger partial charge on any atom is 0.229 e. The number of anilines is 1. The van der Waals surface area contributed by atoms with E-state index >= 15 is 0 Å². The molecule has 1 aliphatic rings. The first-order valence-corrected chi connectivity index (χ1v) is 9.96. The molecule has 2 aromatic carbocycles. The lowest BCUT2D eigenvalue weighted by atomic mass is 9.79. The van der Waals surface area contributed by atoms with Crippen LogP contribution >= 0.6 is 11.6 Å². The number of furan rings is 1. The molecular weight excluding hydrogens is 384 g/mol. The lowest BCUT2D eigenvalue weighted by Crippen LogP contribution is -2.22. The van der Waals surface area contributed by atoms with Gasteiger partial charge in [-0.05, 0) is 48.6 Å². The van der Waals surface area contributed by atoms with Crippen molar-refractivity contribution < 1.29 is 9.21 Å². The molecule has 0 spiro atoms. The van der Waals surface area contributed by atoms with E-state index in [1.165, 1.54) is 11.1 Å². The number of ketones is 1. The number of aryl methyl sites for hydroxylation is 1. The van der Waals surface area contributed by atoms with E-state index in [4.69, 9.17) is 26.7 Å². The Morgan fingerprint density at radius 2 is 1.86 bits per heavy atom. The summed E-state index contributed by atoms with van der Waals surface area (Å²) in [7, 11) is 0. The van der Waals surface area contributed by atoms with Crippen LogP contribution in [-0.2, 0) is 6.42 Å². The molecule has 5 rings (SSSR count). The summed E-state index contributed by atoms with van der Waals surface area (Å²) in [5.41, 5.74) is 11.7. The standard InChI is InChI=1S/C24H19ClN2O2/c1-13-6-2-3-7-15(13)14-10-19-22(20(28)11-14)23(26)17-12-21(29-24(17)27-19)16-8-4-5-9-18(16)25/h2-9,12,14H,10-11H2,1H3,(H2,26,27)/t14-/m0/s1. The minimum absolute atomic E-state index is 0.0342. The fourth-order valence-electron chi connectivity index (χ4n) is 4.27. The minimum atomic E-state index is 0.0342. The first kappa shape index (κ1) is 18.0. The molecule has 0 amide bonds. The van der Waals surface area contributed by atoms with Crippen molar-refractivity contribution in [3.8, 4) is 11.3 Å². The predicted octanol–water partition coefficient (Wildman–Crippen LogP) is 5.95. The van der Waals surface area contributed by atoms with E-state index in [2.05, 4.69) is 19.1 Å². The highest BCUT2D eigenvalue weighted by Gasteiger charge is 2.31. The van der Waals surface area contributed by atoms with Gasteiger partial charge in [0, 0.05) is 12.0 Å². The SMILES string of the molecule is Cc1ccccc1[C@@H]1CC(=O)c2c(nc3oc(-c4ccccc4Cl)cc3c2N)C1. The molecule has 144 valence electrons. The van der Waals surface area contributed by atoms with Crippen molar-refractivity contribution in [2.75, 3.05) is 5.73 Å². The Balaban J connectivity index is 1.63. The molecule has 1 atom stereocenters. The van der Waals surface area contributed by atoms with E-state index < -0.39 is 0 Å². The number of nitrogen functional groups attached to an aromatic ring is 1. The summed E-state index contributed by atoms with van der Waals surface area (Å²) in [5.74, 6) is 0.723. The summed E-state index contributed by atoms with van der Waals surface area (Å²) in [6, 6.07) is 17.4. The molecule has 0 saturated heterocycles. The van der Waals surface area contributed by atoms with Crippen LogP contribution in [0.15, 0.2) is 59.0 Å². The van der Waals surface area contributed by atoms with Crippen LogP contribution in [-0.4, -0.2) is 10.8 Å². The van der Waals surface area contributed by atoms with E-state index in [9.17, 15) is 4.79 Å². The van der Waals surface area contributed by atoms with Gasteiger partial charge >= 0.3 is 0 Å². The van der Waals surface area contributed by atoms with Gasteiger partial charge in [-0.15, -0.1) is 0 Å². The first-order valence-electron chi connectivity index (χ1n) is 9.58. The molecule has 0 bridgehead atoms. The van der Waals surface area contributed by atoms with Gasteiger partial charge in [0.1, 0.15) is 5.76 Å². The number of rotatable bonds is 2. The normalized spacial score (nSPS) is 16.2. The largest absolute Gasteiger partial charge is 0.438 e. The van der Waals surface area contributed by atoms with Crippen LogP contribution in [0.5, 0.6) is 0 Å². The number of pyridine rings is 1. The number of fused-ring (bicyclic) bond motifs is 2. The highest BCUT2D eigenvalue weighted by atomic mass is 35.5. The van der Waals surface area contributed by atoms with Crippen LogP contribution in [0.25, 0.3) is 22.4 Å². The molecule has 4 aromatic rings. The van der Waals surface area contributed by atoms with Gasteiger partial charge in [-0.25, -0.2) is 4.98 Å². The van der Waals surface area contributed by atoms with E-state index in [0.29, 0.717) is 51.7 Å². The summed E-state index contributed by atoms with van der Waals surface area (Å²) in [4.78, 5) is 17.7. The van der Waals surface area contributed by atoms with Crippen LogP contribution in [0.2, 0.25) is 5.02 Å². The smallest absolute Gasteiger partial charge is 0.229 e. The third-order valence-corrected chi connectivity index (χ3v) is 6.04. The molecule has 4 nitrogen and oxygen atoms in total. The number of carbonyl (C=O) groups is 1. The van der Waals surface area contributed by atoms with Gasteiger partial charge in [0.05, 0.1) is 27.4 Å². The number of benzene rings is 2. The number of carbonyl (C=O) groups excluding carboxylic acids is 1. The molecule has 2 heterocycles. The van der Waals surface area contributed by atoms with Gasteiger partial charge in [0.2, 0.25) is 5.71 Å². The number of hydrogen-bond acceptors (Lipinski definition) is 4. The maximum atomic E-state index is 13.0. The Hall–Kier alpha value is -3.11. The fourth-order valence-corrected chi connectivity index (χ4v) is 4.50. The maximum absolute atomic E-state index is 13.0. The second-order valence-corrected chi connectivity index (χ2v) is 7.95. The Kier molecular flexibility index (Phi) is 4.18. The highest BCUT2D eigenvalue weighted by Crippen LogP contribution is 2.40. The fraction of sp³-hybridized carbons (Fsp3) is 0.167. The van der Waals surface area contributed by atoms with Crippen molar-refractivity contribution in [3.63, 3.8) is 0 Å². The Labute approximate surface area is 173 Å². The van der Waals surface area contributed by atoms with Gasteiger partial charge in [0.25, 0.3) is 0 Å². The third-order valence-electron chi connectivity index (χ3n) is 5.72. The predicted molar refractivity (Wildman–Crippen MR) is 115 cm³/mol. The zero-order valence-corrected chi connectivity index (χ0v) is 16.7. The second-order valence-electron chi connectivity index (χ2n) is 7.54. The number of nitrogens with zero attached hydrogens (tertiary/aromatic N) is 1. The average Bonchev–Trinajstić information content (AvgIpc) is 3.12. The van der Waals surface area contributed by atoms with Crippen molar-refractivity contribution in [2.24, 2.45) is 0 Å². The van der Waals surface area contributed by atoms with Crippen LogP contribution in [0, 0.1) is 6.92 Å². The summed E-state index contributed by atoms with van der Waals surface area (Å²) in [5, 5.41) is 1.24. The zero-order valence-electron chi connectivity index (χ0n) is 15.9. The topological polar surface area (TPSA) is 69.1 Å². The van der Waals surface area contributed by atoms with E-state index in [1.807, 2.05) is 42.5 Å². The van der Waals surface area contributed by atoms with Crippen LogP contribution < -0.4 is 5.73 Å². The van der Waals surface area contributed by atoms with E-state index in [-0.39, 0.29) is 11.7 Å². The molecular formula is C24H19ClN2O2. The van der Waals surface area contributed by atoms with E-state index in [0.717, 1.165) is 5.56 Å². The van der Waals surface area contributed by atoms with Crippen LogP contribution in [0.1, 0.15) is 39.5 Å². The number of halogens is 1. The highest BCUT2D eigenvalue weighted by molar-refractivity contribution is 6.33. The molecule has 2 N–H and O–H groups in total. The summed E-state index contributed by atoms with van der Waals surface area (Å²) >= 11 is 6.31. The monoisotopic (exact) mass is 402 g/mol. The third kappa shape index (κ3) is 2.91. The molecule has 0 unspecified atom stereocenters. The summed E-state index contributed by atoms with van der Waals surface area (Å²) in [6.07, 6.45) is 1.10. The van der Waals surface area contributed by atoms with Crippen molar-refractivity contribution in [1.82, 2.24) is 4.98 Å². The molecule has 2 aromatic heterocycles. The van der Waals surface area contributed by atoms with E-state index in [1.54, 1.807) is 0 Å². The summed E-state index contributed by atoms with van der Waals surface area (Å²) in [6.45, 7) is 2.07. The second kappa shape index (κ2) is 6.75. The number of aromatic nitrogens is 1. The lowest BCUT2D eigenvalue weighted by molar-refractivity contribution is 0.0964. The van der Waals surface area contributed by atoms with Gasteiger partial charge in [-0.3, -0.25) is 4.79 Å². The Bertz CT molecular complexity index is 1280. The molecule has 0 fully saturated rings. The van der Waals surface area contributed by atoms with Crippen molar-refractivity contribution >= 4 is 34.2 Å². The van der Waals surface area contributed by atoms with Crippen molar-refractivity contribution in [2.45, 2.75) is 25.7 Å². The average molecular weight is 403 g/mol. The quantitative estimate of drug-likeness (QED) is 0.449. The first-order chi connectivity index (χ1) is 14.0. The molecule has 5 heteroatoms. The van der Waals surface area contributed by atoms with Gasteiger partial charge in [-0.2, -0.15) is 0 Å². The molecule has 29 heavy (non-hydrogen) atoms. The lowest BCUT2D eigenvalue weighted by Gasteiger charge is -2.25. The number of hydrogen-bond donors (Lipinski definition) is 1. The molecule has 0 aliphatic heterocycles. The number of nitrogens with two attached hydrogens (primary N) is 1. The summed E-state index contributed by atoms with van der Waals surface area (Å²) < 4.78 is 5.99. The molecule has 0 saturated carbocycles. The van der Waals surface area contributed by atoms with Gasteiger partial charge < -0.3 is 10.2 Å². The Morgan fingerprint density at radius 1 is 1.10 bits per heavy atom. The molecule has 0 radical (unpaired) electrons. The van der Waals surface area contributed by atoms with Crippen LogP contribution in [0.4, 0.5) is 5.69 Å². The van der Waals surface area contributed by atoms with Gasteiger partial charge in [0.15, 0.2) is 5.78 Å². The molecule has 1 aliphatic carbocycles. The van der Waals surface area contributed by atoms with Gasteiger partial charge in [-0.1, -0.05) is 48.0 Å². The zero-order chi connectivity index (χ0) is 20.1.